The zero-order valence-corrected chi connectivity index (χ0v) is 14.2. The minimum Gasteiger partial charge on any atom is -0.400 e. The van der Waals surface area contributed by atoms with Gasteiger partial charge in [-0.3, -0.25) is 4.98 Å². The summed E-state index contributed by atoms with van der Waals surface area (Å²) in [5.74, 6) is 1.96. The molecule has 0 unspecified atom stereocenters. The average molecular weight is 287 g/mol. The first kappa shape index (κ1) is 16.2. The van der Waals surface area contributed by atoms with Gasteiger partial charge in [0.2, 0.25) is 0 Å². The van der Waals surface area contributed by atoms with Crippen LogP contribution in [0.25, 0.3) is 6.08 Å². The standard InChI is InChI=1S/C17H26BNO2/c1-15(2,3)14-10-13(11-19-12-14)8-9-18-20-16(4,5)17(6,7)21-18/h8-12H,1-7H3/b9-8+. The van der Waals surface area contributed by atoms with Crippen LogP contribution in [-0.4, -0.2) is 23.3 Å². The maximum Gasteiger partial charge on any atom is 0.487 e. The highest BCUT2D eigenvalue weighted by Gasteiger charge is 2.49. The summed E-state index contributed by atoms with van der Waals surface area (Å²) in [5, 5.41) is 0. The molecule has 0 radical (unpaired) electrons. The lowest BCUT2D eigenvalue weighted by Crippen LogP contribution is -2.41. The van der Waals surface area contributed by atoms with Gasteiger partial charge in [0.15, 0.2) is 0 Å². The Morgan fingerprint density at radius 2 is 1.62 bits per heavy atom. The van der Waals surface area contributed by atoms with E-state index in [4.69, 9.17) is 9.31 Å². The molecule has 2 rings (SSSR count). The minimum absolute atomic E-state index is 0.0984. The van der Waals surface area contributed by atoms with Crippen LogP contribution in [0, 0.1) is 0 Å². The summed E-state index contributed by atoms with van der Waals surface area (Å²) < 4.78 is 11.9. The van der Waals surface area contributed by atoms with Gasteiger partial charge in [-0.05, 0) is 50.3 Å². The Bertz CT molecular complexity index is 528. The Morgan fingerprint density at radius 3 is 2.14 bits per heavy atom. The molecule has 1 aliphatic heterocycles. The van der Waals surface area contributed by atoms with Gasteiger partial charge >= 0.3 is 7.12 Å². The molecule has 1 aromatic rings. The van der Waals surface area contributed by atoms with Crippen molar-refractivity contribution >= 4 is 13.2 Å². The molecule has 1 aromatic heterocycles. The molecule has 1 fully saturated rings. The third-order valence-electron chi connectivity index (χ3n) is 4.34. The Morgan fingerprint density at radius 1 is 1.05 bits per heavy atom. The molecule has 1 aliphatic rings. The van der Waals surface area contributed by atoms with Crippen LogP contribution in [0.2, 0.25) is 0 Å². The molecule has 114 valence electrons. The van der Waals surface area contributed by atoms with Crippen LogP contribution in [0.5, 0.6) is 0 Å². The highest BCUT2D eigenvalue weighted by Crippen LogP contribution is 2.37. The Hall–Kier alpha value is -1.13. The van der Waals surface area contributed by atoms with Gasteiger partial charge in [-0.1, -0.05) is 32.8 Å². The molecule has 0 saturated carbocycles. The fraction of sp³-hybridized carbons (Fsp3) is 0.588. The lowest BCUT2D eigenvalue weighted by atomic mass is 9.86. The first-order valence-electron chi connectivity index (χ1n) is 7.51. The van der Waals surface area contributed by atoms with Crippen molar-refractivity contribution in [1.82, 2.24) is 4.98 Å². The molecule has 0 spiro atoms. The molecule has 0 atom stereocenters. The molecule has 0 aromatic carbocycles. The quantitative estimate of drug-likeness (QED) is 0.770. The van der Waals surface area contributed by atoms with Crippen LogP contribution in [0.1, 0.15) is 59.6 Å². The SMILES string of the molecule is CC(C)(C)c1cncc(/C=C/B2OC(C)(C)C(C)(C)O2)c1. The lowest BCUT2D eigenvalue weighted by Gasteiger charge is -2.32. The van der Waals surface area contributed by atoms with Crippen LogP contribution < -0.4 is 0 Å². The summed E-state index contributed by atoms with van der Waals surface area (Å²) in [5.41, 5.74) is 1.79. The van der Waals surface area contributed by atoms with Crippen molar-refractivity contribution in [2.24, 2.45) is 0 Å². The van der Waals surface area contributed by atoms with Crippen molar-refractivity contribution in [2.75, 3.05) is 0 Å². The fourth-order valence-electron chi connectivity index (χ4n) is 2.12. The van der Waals surface area contributed by atoms with Gasteiger partial charge in [0.05, 0.1) is 11.2 Å². The van der Waals surface area contributed by atoms with Gasteiger partial charge in [-0.25, -0.2) is 0 Å². The molecule has 21 heavy (non-hydrogen) atoms. The van der Waals surface area contributed by atoms with Gasteiger partial charge in [-0.2, -0.15) is 0 Å². The number of rotatable bonds is 2. The highest BCUT2D eigenvalue weighted by molar-refractivity contribution is 6.52. The van der Waals surface area contributed by atoms with Crippen molar-refractivity contribution in [3.63, 3.8) is 0 Å². The van der Waals surface area contributed by atoms with Crippen LogP contribution in [0.4, 0.5) is 0 Å². The second-order valence-corrected chi connectivity index (χ2v) is 7.74. The van der Waals surface area contributed by atoms with E-state index in [1.807, 2.05) is 24.4 Å². The Balaban J connectivity index is 2.13. The average Bonchev–Trinajstić information content (AvgIpc) is 2.55. The molecule has 1 saturated heterocycles. The van der Waals surface area contributed by atoms with Crippen molar-refractivity contribution in [1.29, 1.82) is 0 Å². The summed E-state index contributed by atoms with van der Waals surface area (Å²) >= 11 is 0. The maximum absolute atomic E-state index is 5.95. The molecule has 2 heterocycles. The number of hydrogen-bond donors (Lipinski definition) is 0. The smallest absolute Gasteiger partial charge is 0.400 e. The van der Waals surface area contributed by atoms with E-state index in [1.54, 1.807) is 0 Å². The van der Waals surface area contributed by atoms with Crippen molar-refractivity contribution in [2.45, 2.75) is 65.1 Å². The van der Waals surface area contributed by atoms with Gasteiger partial charge in [-0.15, -0.1) is 0 Å². The predicted molar refractivity (Wildman–Crippen MR) is 88.1 cm³/mol. The van der Waals surface area contributed by atoms with Crippen LogP contribution in [-0.2, 0) is 14.7 Å². The van der Waals surface area contributed by atoms with E-state index in [9.17, 15) is 0 Å². The van der Waals surface area contributed by atoms with E-state index in [-0.39, 0.29) is 23.7 Å². The molecule has 0 amide bonds. The normalized spacial score (nSPS) is 21.2. The zero-order valence-electron chi connectivity index (χ0n) is 14.2. The Labute approximate surface area is 128 Å². The third kappa shape index (κ3) is 3.56. The minimum atomic E-state index is -0.312. The van der Waals surface area contributed by atoms with Gasteiger partial charge in [0.1, 0.15) is 0 Å². The van der Waals surface area contributed by atoms with Crippen molar-refractivity contribution in [3.8, 4) is 0 Å². The molecule has 4 heteroatoms. The molecular formula is C17H26BNO2. The second kappa shape index (κ2) is 5.26. The van der Waals surface area contributed by atoms with E-state index in [0.717, 1.165) is 5.56 Å². The van der Waals surface area contributed by atoms with E-state index in [0.29, 0.717) is 0 Å². The van der Waals surface area contributed by atoms with Crippen molar-refractivity contribution in [3.05, 3.63) is 35.6 Å². The van der Waals surface area contributed by atoms with Crippen LogP contribution in [0.3, 0.4) is 0 Å². The molecule has 3 nitrogen and oxygen atoms in total. The maximum atomic E-state index is 5.95. The topological polar surface area (TPSA) is 31.4 Å². The Kier molecular flexibility index (Phi) is 4.07. The van der Waals surface area contributed by atoms with Gasteiger partial charge in [0.25, 0.3) is 0 Å². The monoisotopic (exact) mass is 287 g/mol. The first-order chi connectivity index (χ1) is 9.51. The van der Waals surface area contributed by atoms with E-state index in [1.165, 1.54) is 5.56 Å². The molecule has 0 aliphatic carbocycles. The first-order valence-corrected chi connectivity index (χ1v) is 7.51. The molecule has 0 bridgehead atoms. The largest absolute Gasteiger partial charge is 0.487 e. The van der Waals surface area contributed by atoms with Crippen LogP contribution >= 0.6 is 0 Å². The number of nitrogens with zero attached hydrogens (tertiary/aromatic N) is 1. The summed E-state index contributed by atoms with van der Waals surface area (Å²) in [7, 11) is -0.312. The predicted octanol–water partition coefficient (Wildman–Crippen LogP) is 4.02. The van der Waals surface area contributed by atoms with E-state index in [2.05, 4.69) is 59.5 Å². The fourth-order valence-corrected chi connectivity index (χ4v) is 2.12. The second-order valence-electron chi connectivity index (χ2n) is 7.74. The summed E-state index contributed by atoms with van der Waals surface area (Å²) in [6.45, 7) is 14.8. The van der Waals surface area contributed by atoms with Crippen molar-refractivity contribution < 1.29 is 9.31 Å². The summed E-state index contributed by atoms with van der Waals surface area (Å²) in [6.07, 6.45) is 5.80. The highest BCUT2D eigenvalue weighted by atomic mass is 16.7. The number of hydrogen-bond acceptors (Lipinski definition) is 3. The van der Waals surface area contributed by atoms with E-state index < -0.39 is 0 Å². The number of pyridine rings is 1. The molecular weight excluding hydrogens is 261 g/mol. The summed E-state index contributed by atoms with van der Waals surface area (Å²) in [6, 6.07) is 2.16. The summed E-state index contributed by atoms with van der Waals surface area (Å²) in [4.78, 5) is 4.32. The zero-order chi connectivity index (χ0) is 15.9. The van der Waals surface area contributed by atoms with E-state index >= 15 is 0 Å². The van der Waals surface area contributed by atoms with Gasteiger partial charge in [0, 0.05) is 12.4 Å². The van der Waals surface area contributed by atoms with Crippen LogP contribution in [0.15, 0.2) is 24.4 Å². The lowest BCUT2D eigenvalue weighted by molar-refractivity contribution is 0.00578. The van der Waals surface area contributed by atoms with Gasteiger partial charge < -0.3 is 9.31 Å². The third-order valence-corrected chi connectivity index (χ3v) is 4.34. The molecule has 0 N–H and O–H groups in total. The number of aromatic nitrogens is 1.